The van der Waals surface area contributed by atoms with Crippen LogP contribution in [-0.2, 0) is 0 Å². The average molecular weight is 628 g/mol. The second-order valence-corrected chi connectivity index (χ2v) is 13.6. The minimum absolute atomic E-state index is 1.13. The van der Waals surface area contributed by atoms with E-state index >= 15 is 0 Å². The lowest BCUT2D eigenvalue weighted by molar-refractivity contribution is 1.31. The molecule has 0 aliphatic heterocycles. The van der Waals surface area contributed by atoms with E-state index in [1.165, 1.54) is 80.1 Å². The fourth-order valence-electron chi connectivity index (χ4n) is 7.58. The molecule has 9 aromatic carbocycles. The van der Waals surface area contributed by atoms with E-state index in [9.17, 15) is 0 Å². The summed E-state index contributed by atoms with van der Waals surface area (Å²) in [7, 11) is 0. The van der Waals surface area contributed by atoms with Gasteiger partial charge < -0.3 is 4.90 Å². The predicted octanol–water partition coefficient (Wildman–Crippen LogP) is 13.8. The van der Waals surface area contributed by atoms with E-state index in [0.29, 0.717) is 0 Å². The maximum atomic E-state index is 2.45. The second-order valence-electron chi connectivity index (χ2n) is 12.5. The molecular formula is C46H29NS. The van der Waals surface area contributed by atoms with Crippen molar-refractivity contribution in [3.05, 3.63) is 176 Å². The van der Waals surface area contributed by atoms with Gasteiger partial charge in [-0.15, -0.1) is 11.3 Å². The average Bonchev–Trinajstić information content (AvgIpc) is 3.54. The van der Waals surface area contributed by atoms with E-state index in [4.69, 9.17) is 0 Å². The summed E-state index contributed by atoms with van der Waals surface area (Å²) >= 11 is 1.86. The molecule has 0 saturated heterocycles. The SMILES string of the molecule is c1ccc2c(c1)ccc1ccc(N(c3ccc(-c4cccc5c4ccc4ccccc45)cc3)c3cccc4sc5ccccc5c34)cc12. The topological polar surface area (TPSA) is 3.24 Å². The number of hydrogen-bond donors (Lipinski definition) is 0. The molecule has 0 unspecified atom stereocenters. The molecule has 0 aliphatic rings. The molecule has 48 heavy (non-hydrogen) atoms. The number of benzene rings is 9. The molecule has 0 radical (unpaired) electrons. The Kier molecular flexibility index (Phi) is 6.12. The first-order valence-electron chi connectivity index (χ1n) is 16.4. The van der Waals surface area contributed by atoms with Gasteiger partial charge in [0.05, 0.1) is 5.69 Å². The summed E-state index contributed by atoms with van der Waals surface area (Å²) in [5, 5.41) is 12.7. The van der Waals surface area contributed by atoms with Crippen LogP contribution >= 0.6 is 11.3 Å². The zero-order valence-electron chi connectivity index (χ0n) is 26.1. The van der Waals surface area contributed by atoms with Gasteiger partial charge in [-0.1, -0.05) is 133 Å². The molecule has 1 aromatic heterocycles. The molecule has 0 saturated carbocycles. The van der Waals surface area contributed by atoms with Crippen LogP contribution in [0.15, 0.2) is 176 Å². The van der Waals surface area contributed by atoms with E-state index in [1.807, 2.05) is 11.3 Å². The van der Waals surface area contributed by atoms with Gasteiger partial charge in [-0.3, -0.25) is 0 Å². The largest absolute Gasteiger partial charge is 0.310 e. The highest BCUT2D eigenvalue weighted by Crippen LogP contribution is 2.46. The zero-order chi connectivity index (χ0) is 31.6. The minimum atomic E-state index is 1.13. The summed E-state index contributed by atoms with van der Waals surface area (Å²) in [6, 6.07) is 64.6. The quantitative estimate of drug-likeness (QED) is 0.176. The van der Waals surface area contributed by atoms with Crippen molar-refractivity contribution in [2.75, 3.05) is 4.90 Å². The van der Waals surface area contributed by atoms with E-state index in [0.717, 1.165) is 11.4 Å². The van der Waals surface area contributed by atoms with Crippen molar-refractivity contribution in [2.24, 2.45) is 0 Å². The van der Waals surface area contributed by atoms with Gasteiger partial charge in [-0.05, 0) is 96.7 Å². The molecule has 10 rings (SSSR count). The lowest BCUT2D eigenvalue weighted by Crippen LogP contribution is -2.10. The van der Waals surface area contributed by atoms with Crippen molar-refractivity contribution in [3.8, 4) is 11.1 Å². The molecule has 0 N–H and O–H groups in total. The van der Waals surface area contributed by atoms with Gasteiger partial charge in [0.15, 0.2) is 0 Å². The fourth-order valence-corrected chi connectivity index (χ4v) is 8.71. The normalized spacial score (nSPS) is 11.8. The molecule has 1 heterocycles. The Morgan fingerprint density at radius 1 is 0.354 bits per heavy atom. The smallest absolute Gasteiger partial charge is 0.0554 e. The van der Waals surface area contributed by atoms with Gasteiger partial charge in [-0.25, -0.2) is 0 Å². The van der Waals surface area contributed by atoms with Gasteiger partial charge in [0.2, 0.25) is 0 Å². The van der Waals surface area contributed by atoms with Gasteiger partial charge in [0, 0.05) is 31.5 Å². The Labute approximate surface area is 282 Å². The third-order valence-corrected chi connectivity index (χ3v) is 11.0. The molecule has 0 spiro atoms. The Balaban J connectivity index is 1.19. The summed E-state index contributed by atoms with van der Waals surface area (Å²) in [4.78, 5) is 2.45. The van der Waals surface area contributed by atoms with Crippen molar-refractivity contribution in [3.63, 3.8) is 0 Å². The minimum Gasteiger partial charge on any atom is -0.310 e. The van der Waals surface area contributed by atoms with E-state index in [-0.39, 0.29) is 0 Å². The van der Waals surface area contributed by atoms with Crippen LogP contribution in [0.25, 0.3) is 74.4 Å². The molecule has 0 bridgehead atoms. The number of hydrogen-bond acceptors (Lipinski definition) is 2. The molecule has 10 aromatic rings. The third kappa shape index (κ3) is 4.24. The van der Waals surface area contributed by atoms with Crippen LogP contribution in [0.5, 0.6) is 0 Å². The Hall–Kier alpha value is -5.96. The zero-order valence-corrected chi connectivity index (χ0v) is 26.9. The van der Waals surface area contributed by atoms with Crippen LogP contribution in [-0.4, -0.2) is 0 Å². The molecule has 0 amide bonds. The summed E-state index contributed by atoms with van der Waals surface area (Å²) in [5.74, 6) is 0. The van der Waals surface area contributed by atoms with E-state index in [1.54, 1.807) is 0 Å². The Morgan fingerprint density at radius 3 is 1.75 bits per heavy atom. The van der Waals surface area contributed by atoms with Crippen LogP contribution in [0.4, 0.5) is 17.1 Å². The van der Waals surface area contributed by atoms with Crippen LogP contribution in [0.3, 0.4) is 0 Å². The van der Waals surface area contributed by atoms with Crippen LogP contribution in [0.2, 0.25) is 0 Å². The number of thiophene rings is 1. The highest BCUT2D eigenvalue weighted by molar-refractivity contribution is 7.26. The van der Waals surface area contributed by atoms with Gasteiger partial charge >= 0.3 is 0 Å². The Bertz CT molecular complexity index is 2840. The number of rotatable bonds is 4. The van der Waals surface area contributed by atoms with Crippen LogP contribution < -0.4 is 4.90 Å². The molecule has 1 nitrogen and oxygen atoms in total. The molecule has 2 heteroatoms. The van der Waals surface area contributed by atoms with Crippen molar-refractivity contribution >= 4 is 91.7 Å². The maximum absolute atomic E-state index is 2.45. The van der Waals surface area contributed by atoms with E-state index in [2.05, 4.69) is 181 Å². The summed E-state index contributed by atoms with van der Waals surface area (Å²) < 4.78 is 2.60. The van der Waals surface area contributed by atoms with Gasteiger partial charge in [0.25, 0.3) is 0 Å². The number of nitrogens with zero attached hydrogens (tertiary/aromatic N) is 1. The first-order valence-corrected chi connectivity index (χ1v) is 17.2. The predicted molar refractivity (Wildman–Crippen MR) is 209 cm³/mol. The number of fused-ring (bicyclic) bond motifs is 9. The van der Waals surface area contributed by atoms with Crippen molar-refractivity contribution in [1.29, 1.82) is 0 Å². The highest BCUT2D eigenvalue weighted by atomic mass is 32.1. The van der Waals surface area contributed by atoms with Crippen molar-refractivity contribution < 1.29 is 0 Å². The monoisotopic (exact) mass is 627 g/mol. The first kappa shape index (κ1) is 27.2. The van der Waals surface area contributed by atoms with Crippen molar-refractivity contribution in [1.82, 2.24) is 0 Å². The lowest BCUT2D eigenvalue weighted by atomic mass is 9.94. The lowest BCUT2D eigenvalue weighted by Gasteiger charge is -2.27. The molecular weight excluding hydrogens is 599 g/mol. The van der Waals surface area contributed by atoms with Crippen LogP contribution in [0, 0.1) is 0 Å². The molecule has 0 fully saturated rings. The summed E-state index contributed by atoms with van der Waals surface area (Å²) in [6.45, 7) is 0. The van der Waals surface area contributed by atoms with Gasteiger partial charge in [0.1, 0.15) is 0 Å². The second kappa shape index (κ2) is 10.8. The molecule has 224 valence electrons. The third-order valence-electron chi connectivity index (χ3n) is 9.83. The standard InChI is InChI=1S/C46H29NS/c1-3-11-36-31(10-1)24-28-40-37(14-7-15-39(36)40)32-21-25-34(26-22-32)47(43-16-8-18-45-46(43)41-13-5-6-17-44(41)48-45)35-27-23-33-20-19-30-9-2-4-12-38(30)42(33)29-35/h1-29H. The number of anilines is 3. The van der Waals surface area contributed by atoms with Crippen LogP contribution in [0.1, 0.15) is 0 Å². The summed E-state index contributed by atoms with van der Waals surface area (Å²) in [5.41, 5.74) is 5.93. The Morgan fingerprint density at radius 2 is 0.938 bits per heavy atom. The molecule has 0 aliphatic carbocycles. The summed E-state index contributed by atoms with van der Waals surface area (Å²) in [6.07, 6.45) is 0. The molecule has 0 atom stereocenters. The first-order chi connectivity index (χ1) is 23.8. The van der Waals surface area contributed by atoms with Gasteiger partial charge in [-0.2, -0.15) is 0 Å². The van der Waals surface area contributed by atoms with Crippen molar-refractivity contribution in [2.45, 2.75) is 0 Å². The fraction of sp³-hybridized carbons (Fsp3) is 0. The van der Waals surface area contributed by atoms with E-state index < -0.39 is 0 Å². The highest BCUT2D eigenvalue weighted by Gasteiger charge is 2.19. The maximum Gasteiger partial charge on any atom is 0.0554 e.